The molecule has 1 heterocycles. The Hall–Kier alpha value is -1.09. The smallest absolute Gasteiger partial charge is 0.217 e. The van der Waals surface area contributed by atoms with E-state index in [2.05, 4.69) is 17.2 Å². The standard InChI is InChI=1S/C9H14N2O/c1-7(10-2)8-5-4-6-11-9(8)12-3/h4-7,10H,1-3H3/t7-/m1/s1. The first-order valence-electron chi connectivity index (χ1n) is 3.95. The van der Waals surface area contributed by atoms with Crippen molar-refractivity contribution in [1.29, 1.82) is 0 Å². The number of methoxy groups -OCH3 is 1. The average molecular weight is 166 g/mol. The molecule has 1 aromatic rings. The first-order chi connectivity index (χ1) is 5.79. The summed E-state index contributed by atoms with van der Waals surface area (Å²) in [6.07, 6.45) is 1.73. The van der Waals surface area contributed by atoms with Gasteiger partial charge in [0.2, 0.25) is 5.88 Å². The van der Waals surface area contributed by atoms with Gasteiger partial charge in [-0.1, -0.05) is 6.07 Å². The second-order valence-corrected chi connectivity index (χ2v) is 2.61. The lowest BCUT2D eigenvalue weighted by Gasteiger charge is -2.12. The van der Waals surface area contributed by atoms with Crippen LogP contribution in [-0.2, 0) is 0 Å². The largest absolute Gasteiger partial charge is 0.481 e. The Balaban J connectivity index is 2.96. The second-order valence-electron chi connectivity index (χ2n) is 2.61. The van der Waals surface area contributed by atoms with Crippen molar-refractivity contribution in [2.45, 2.75) is 13.0 Å². The molecule has 1 atom stereocenters. The quantitative estimate of drug-likeness (QED) is 0.736. The van der Waals surface area contributed by atoms with Crippen molar-refractivity contribution >= 4 is 0 Å². The fraction of sp³-hybridized carbons (Fsp3) is 0.444. The second kappa shape index (κ2) is 4.07. The van der Waals surface area contributed by atoms with Crippen LogP contribution in [0.5, 0.6) is 5.88 Å². The fourth-order valence-corrected chi connectivity index (χ4v) is 1.06. The fourth-order valence-electron chi connectivity index (χ4n) is 1.06. The van der Waals surface area contributed by atoms with Crippen LogP contribution in [0.25, 0.3) is 0 Å². The van der Waals surface area contributed by atoms with Crippen LogP contribution in [0.15, 0.2) is 18.3 Å². The van der Waals surface area contributed by atoms with Gasteiger partial charge in [-0.25, -0.2) is 4.98 Å². The Morgan fingerprint density at radius 1 is 1.58 bits per heavy atom. The van der Waals surface area contributed by atoms with Crippen molar-refractivity contribution < 1.29 is 4.74 Å². The van der Waals surface area contributed by atoms with Gasteiger partial charge in [-0.05, 0) is 20.0 Å². The van der Waals surface area contributed by atoms with Gasteiger partial charge in [0.25, 0.3) is 0 Å². The van der Waals surface area contributed by atoms with Crippen molar-refractivity contribution in [2.75, 3.05) is 14.2 Å². The number of nitrogens with zero attached hydrogens (tertiary/aromatic N) is 1. The van der Waals surface area contributed by atoms with Crippen molar-refractivity contribution in [3.05, 3.63) is 23.9 Å². The molecular weight excluding hydrogens is 152 g/mol. The maximum atomic E-state index is 5.12. The zero-order chi connectivity index (χ0) is 8.97. The zero-order valence-electron chi connectivity index (χ0n) is 7.66. The van der Waals surface area contributed by atoms with E-state index in [0.717, 1.165) is 5.56 Å². The van der Waals surface area contributed by atoms with Crippen LogP contribution in [0, 0.1) is 0 Å². The number of hydrogen-bond acceptors (Lipinski definition) is 3. The van der Waals surface area contributed by atoms with Gasteiger partial charge in [0.1, 0.15) is 0 Å². The third-order valence-corrected chi connectivity index (χ3v) is 1.89. The van der Waals surface area contributed by atoms with E-state index >= 15 is 0 Å². The number of ether oxygens (including phenoxy) is 1. The molecule has 0 unspecified atom stereocenters. The Bertz CT molecular complexity index is 250. The van der Waals surface area contributed by atoms with Gasteiger partial charge in [0.05, 0.1) is 7.11 Å². The molecule has 0 spiro atoms. The summed E-state index contributed by atoms with van der Waals surface area (Å²) >= 11 is 0. The van der Waals surface area contributed by atoms with E-state index in [9.17, 15) is 0 Å². The monoisotopic (exact) mass is 166 g/mol. The van der Waals surface area contributed by atoms with Crippen molar-refractivity contribution in [1.82, 2.24) is 10.3 Å². The number of nitrogens with one attached hydrogen (secondary N) is 1. The van der Waals surface area contributed by atoms with Crippen LogP contribution in [0.3, 0.4) is 0 Å². The normalized spacial score (nSPS) is 12.6. The summed E-state index contributed by atoms with van der Waals surface area (Å²) in [5, 5.41) is 3.14. The number of rotatable bonds is 3. The number of pyridine rings is 1. The van der Waals surface area contributed by atoms with Gasteiger partial charge in [-0.15, -0.1) is 0 Å². The summed E-state index contributed by atoms with van der Waals surface area (Å²) < 4.78 is 5.12. The topological polar surface area (TPSA) is 34.2 Å². The summed E-state index contributed by atoms with van der Waals surface area (Å²) in [5.74, 6) is 0.694. The van der Waals surface area contributed by atoms with Crippen LogP contribution < -0.4 is 10.1 Å². The summed E-state index contributed by atoms with van der Waals surface area (Å²) in [6.45, 7) is 2.07. The van der Waals surface area contributed by atoms with Crippen LogP contribution in [0.2, 0.25) is 0 Å². The van der Waals surface area contributed by atoms with Crippen molar-refractivity contribution in [3.63, 3.8) is 0 Å². The highest BCUT2D eigenvalue weighted by molar-refractivity contribution is 5.28. The molecular formula is C9H14N2O. The summed E-state index contributed by atoms with van der Waals surface area (Å²) in [5.41, 5.74) is 1.09. The van der Waals surface area contributed by atoms with Crippen LogP contribution in [0.1, 0.15) is 18.5 Å². The van der Waals surface area contributed by atoms with E-state index in [1.54, 1.807) is 13.3 Å². The van der Waals surface area contributed by atoms with Gasteiger partial charge in [0.15, 0.2) is 0 Å². The third-order valence-electron chi connectivity index (χ3n) is 1.89. The van der Waals surface area contributed by atoms with Crippen LogP contribution in [-0.4, -0.2) is 19.1 Å². The maximum absolute atomic E-state index is 5.12. The molecule has 0 aliphatic carbocycles. The van der Waals surface area contributed by atoms with Gasteiger partial charge >= 0.3 is 0 Å². The highest BCUT2D eigenvalue weighted by atomic mass is 16.5. The molecule has 0 fully saturated rings. The number of hydrogen-bond donors (Lipinski definition) is 1. The highest BCUT2D eigenvalue weighted by Crippen LogP contribution is 2.20. The Kier molecular flexibility index (Phi) is 3.05. The minimum atomic E-state index is 0.272. The summed E-state index contributed by atoms with van der Waals surface area (Å²) in [4.78, 5) is 4.10. The summed E-state index contributed by atoms with van der Waals surface area (Å²) in [7, 11) is 3.55. The van der Waals surface area contributed by atoms with Gasteiger partial charge < -0.3 is 10.1 Å². The van der Waals surface area contributed by atoms with Crippen LogP contribution in [0.4, 0.5) is 0 Å². The van der Waals surface area contributed by atoms with E-state index in [1.165, 1.54) is 0 Å². The molecule has 0 saturated heterocycles. The van der Waals surface area contributed by atoms with Crippen molar-refractivity contribution in [2.24, 2.45) is 0 Å². The molecule has 0 aliphatic rings. The minimum Gasteiger partial charge on any atom is -0.481 e. The van der Waals surface area contributed by atoms with E-state index in [1.807, 2.05) is 19.2 Å². The first kappa shape index (κ1) is 9.00. The van der Waals surface area contributed by atoms with Crippen molar-refractivity contribution in [3.8, 4) is 5.88 Å². The Morgan fingerprint density at radius 2 is 2.33 bits per heavy atom. The molecule has 12 heavy (non-hydrogen) atoms. The molecule has 0 aliphatic heterocycles. The minimum absolute atomic E-state index is 0.272. The lowest BCUT2D eigenvalue weighted by Crippen LogP contribution is -2.13. The molecule has 0 aromatic carbocycles. The molecule has 1 N–H and O–H groups in total. The molecule has 1 aromatic heterocycles. The van der Waals surface area contributed by atoms with E-state index in [0.29, 0.717) is 5.88 Å². The Morgan fingerprint density at radius 3 is 2.92 bits per heavy atom. The molecule has 0 amide bonds. The molecule has 0 radical (unpaired) electrons. The highest BCUT2D eigenvalue weighted by Gasteiger charge is 2.08. The molecule has 3 heteroatoms. The molecule has 0 bridgehead atoms. The van der Waals surface area contributed by atoms with Gasteiger partial charge in [0, 0.05) is 17.8 Å². The molecule has 66 valence electrons. The molecule has 1 rings (SSSR count). The maximum Gasteiger partial charge on any atom is 0.217 e. The third kappa shape index (κ3) is 1.74. The van der Waals surface area contributed by atoms with Crippen LogP contribution >= 0.6 is 0 Å². The number of aromatic nitrogens is 1. The molecule has 3 nitrogen and oxygen atoms in total. The predicted molar refractivity (Wildman–Crippen MR) is 48.3 cm³/mol. The SMILES string of the molecule is CN[C@H](C)c1cccnc1OC. The van der Waals surface area contributed by atoms with E-state index in [4.69, 9.17) is 4.74 Å². The molecule has 0 saturated carbocycles. The lowest BCUT2D eigenvalue weighted by atomic mass is 10.1. The first-order valence-corrected chi connectivity index (χ1v) is 3.95. The van der Waals surface area contributed by atoms with E-state index in [-0.39, 0.29) is 6.04 Å². The average Bonchev–Trinajstić information content (AvgIpc) is 2.16. The zero-order valence-corrected chi connectivity index (χ0v) is 7.66. The van der Waals surface area contributed by atoms with Gasteiger partial charge in [-0.3, -0.25) is 0 Å². The lowest BCUT2D eigenvalue weighted by molar-refractivity contribution is 0.387. The predicted octanol–water partition coefficient (Wildman–Crippen LogP) is 1.37. The van der Waals surface area contributed by atoms with Gasteiger partial charge in [-0.2, -0.15) is 0 Å². The van der Waals surface area contributed by atoms with E-state index < -0.39 is 0 Å². The summed E-state index contributed by atoms with van der Waals surface area (Å²) in [6, 6.07) is 4.19. The Labute approximate surface area is 72.8 Å².